The molecule has 150 valence electrons. The predicted molar refractivity (Wildman–Crippen MR) is 107 cm³/mol. The van der Waals surface area contributed by atoms with Crippen molar-refractivity contribution in [2.24, 2.45) is 0 Å². The van der Waals surface area contributed by atoms with Gasteiger partial charge in [0.25, 0.3) is 5.69 Å². The molecule has 2 aromatic rings. The first kappa shape index (κ1) is 21.5. The van der Waals surface area contributed by atoms with Crippen LogP contribution in [0.25, 0.3) is 0 Å². The van der Waals surface area contributed by atoms with Gasteiger partial charge in [-0.25, -0.2) is 8.42 Å². The van der Waals surface area contributed by atoms with E-state index in [1.807, 2.05) is 12.1 Å². The van der Waals surface area contributed by atoms with Crippen molar-refractivity contribution in [1.29, 1.82) is 0 Å². The lowest BCUT2D eigenvalue weighted by molar-refractivity contribution is -0.385. The Morgan fingerprint density at radius 1 is 1.14 bits per heavy atom. The number of hydrogen-bond donors (Lipinski definition) is 1. The van der Waals surface area contributed by atoms with Crippen LogP contribution >= 0.6 is 0 Å². The minimum atomic E-state index is -4.04. The number of nitrogens with zero attached hydrogens (tertiary/aromatic N) is 2. The first-order valence-electron chi connectivity index (χ1n) is 8.52. The molecule has 0 radical (unpaired) electrons. The molecular weight excluding hydrogens is 382 g/mol. The van der Waals surface area contributed by atoms with Crippen molar-refractivity contribution in [1.82, 2.24) is 4.31 Å². The summed E-state index contributed by atoms with van der Waals surface area (Å²) < 4.78 is 26.0. The molecule has 0 aliphatic heterocycles. The van der Waals surface area contributed by atoms with E-state index in [0.29, 0.717) is 5.69 Å². The van der Waals surface area contributed by atoms with Crippen LogP contribution in [0.15, 0.2) is 53.4 Å². The van der Waals surface area contributed by atoms with Gasteiger partial charge in [-0.2, -0.15) is 4.31 Å². The molecule has 1 amide bonds. The number of non-ortho nitro benzene ring substituents is 1. The molecule has 0 saturated heterocycles. The molecule has 1 N–H and O–H groups in total. The van der Waals surface area contributed by atoms with Crippen LogP contribution in [0.4, 0.5) is 11.4 Å². The van der Waals surface area contributed by atoms with Crippen LogP contribution in [-0.2, 0) is 20.2 Å². The molecule has 0 bridgehead atoms. The van der Waals surface area contributed by atoms with Crippen molar-refractivity contribution in [3.8, 4) is 0 Å². The van der Waals surface area contributed by atoms with E-state index in [1.54, 1.807) is 12.1 Å². The Bertz CT molecular complexity index is 979. The van der Waals surface area contributed by atoms with Gasteiger partial charge in [0.15, 0.2) is 0 Å². The van der Waals surface area contributed by atoms with Crippen LogP contribution in [0.3, 0.4) is 0 Å². The minimum absolute atomic E-state index is 0.0187. The van der Waals surface area contributed by atoms with Crippen molar-refractivity contribution in [2.75, 3.05) is 18.9 Å². The van der Waals surface area contributed by atoms with Gasteiger partial charge in [0.1, 0.15) is 0 Å². The summed E-state index contributed by atoms with van der Waals surface area (Å²) in [6, 6.07) is 12.0. The van der Waals surface area contributed by atoms with E-state index < -0.39 is 27.4 Å². The van der Waals surface area contributed by atoms with Crippen LogP contribution in [-0.4, -0.2) is 37.1 Å². The number of amides is 1. The number of anilines is 1. The van der Waals surface area contributed by atoms with Crippen molar-refractivity contribution in [3.05, 3.63) is 64.2 Å². The molecule has 2 aromatic carbocycles. The Morgan fingerprint density at radius 3 is 2.29 bits per heavy atom. The Balaban J connectivity index is 2.09. The lowest BCUT2D eigenvalue weighted by Crippen LogP contribution is -2.35. The number of carbonyl (C=O) groups is 1. The summed E-state index contributed by atoms with van der Waals surface area (Å²) in [7, 11) is -2.79. The van der Waals surface area contributed by atoms with Crippen LogP contribution in [0, 0.1) is 10.1 Å². The maximum Gasteiger partial charge on any atom is 0.270 e. The van der Waals surface area contributed by atoms with E-state index in [4.69, 9.17) is 0 Å². The van der Waals surface area contributed by atoms with E-state index in [2.05, 4.69) is 26.1 Å². The van der Waals surface area contributed by atoms with E-state index in [-0.39, 0.29) is 16.0 Å². The van der Waals surface area contributed by atoms with Gasteiger partial charge in [-0.05, 0) is 29.2 Å². The number of hydrogen-bond acceptors (Lipinski definition) is 5. The average Bonchev–Trinajstić information content (AvgIpc) is 2.61. The third-order valence-corrected chi connectivity index (χ3v) is 5.94. The van der Waals surface area contributed by atoms with Gasteiger partial charge in [-0.3, -0.25) is 14.9 Å². The first-order valence-corrected chi connectivity index (χ1v) is 9.96. The molecule has 0 fully saturated rings. The molecule has 2 rings (SSSR count). The van der Waals surface area contributed by atoms with Gasteiger partial charge in [0.05, 0.1) is 16.4 Å². The number of nitro benzene ring substituents is 1. The Hall–Kier alpha value is -2.78. The summed E-state index contributed by atoms with van der Waals surface area (Å²) in [6.07, 6.45) is 0. The Labute approximate surface area is 164 Å². The first-order chi connectivity index (χ1) is 12.9. The number of sulfonamides is 1. The summed E-state index contributed by atoms with van der Waals surface area (Å²) in [6.45, 7) is 5.81. The van der Waals surface area contributed by atoms with Crippen molar-refractivity contribution in [3.63, 3.8) is 0 Å². The van der Waals surface area contributed by atoms with Crippen LogP contribution in [0.2, 0.25) is 0 Å². The largest absolute Gasteiger partial charge is 0.325 e. The van der Waals surface area contributed by atoms with E-state index in [0.717, 1.165) is 15.9 Å². The van der Waals surface area contributed by atoms with Crippen molar-refractivity contribution in [2.45, 2.75) is 31.1 Å². The summed E-state index contributed by atoms with van der Waals surface area (Å²) in [4.78, 5) is 22.2. The van der Waals surface area contributed by atoms with Crippen LogP contribution in [0.1, 0.15) is 26.3 Å². The minimum Gasteiger partial charge on any atom is -0.325 e. The summed E-state index contributed by atoms with van der Waals surface area (Å²) in [5.74, 6) is -0.514. The lowest BCUT2D eigenvalue weighted by Gasteiger charge is -2.19. The summed E-state index contributed by atoms with van der Waals surface area (Å²) in [5.41, 5.74) is 1.31. The molecule has 0 aliphatic carbocycles. The number of benzene rings is 2. The van der Waals surface area contributed by atoms with E-state index in [9.17, 15) is 23.3 Å². The van der Waals surface area contributed by atoms with E-state index >= 15 is 0 Å². The SMILES string of the molecule is CN(CC(=O)Nc1ccc(C(C)(C)C)cc1)S(=O)(=O)c1cccc([N+](=O)[O-])c1. The molecule has 0 aromatic heterocycles. The highest BCUT2D eigenvalue weighted by Crippen LogP contribution is 2.24. The number of nitro groups is 1. The van der Waals surface area contributed by atoms with Gasteiger partial charge < -0.3 is 5.32 Å². The maximum absolute atomic E-state index is 12.6. The zero-order chi connectivity index (χ0) is 21.1. The Morgan fingerprint density at radius 2 is 1.75 bits per heavy atom. The second-order valence-corrected chi connectivity index (χ2v) is 9.44. The topological polar surface area (TPSA) is 110 Å². The maximum atomic E-state index is 12.6. The fraction of sp³-hybridized carbons (Fsp3) is 0.316. The normalized spacial score (nSPS) is 12.0. The average molecular weight is 405 g/mol. The summed E-state index contributed by atoms with van der Waals surface area (Å²) in [5, 5.41) is 13.5. The highest BCUT2D eigenvalue weighted by atomic mass is 32.2. The van der Waals surface area contributed by atoms with Gasteiger partial charge in [-0.15, -0.1) is 0 Å². The lowest BCUT2D eigenvalue weighted by atomic mass is 9.87. The van der Waals surface area contributed by atoms with Gasteiger partial charge in [0, 0.05) is 24.9 Å². The number of likely N-dealkylation sites (N-methyl/N-ethyl adjacent to an activating group) is 1. The molecule has 9 heteroatoms. The quantitative estimate of drug-likeness (QED) is 0.586. The van der Waals surface area contributed by atoms with Crippen LogP contribution in [0.5, 0.6) is 0 Å². The third kappa shape index (κ3) is 5.14. The van der Waals surface area contributed by atoms with Crippen LogP contribution < -0.4 is 5.32 Å². The van der Waals surface area contributed by atoms with E-state index in [1.165, 1.54) is 25.2 Å². The molecule has 0 heterocycles. The smallest absolute Gasteiger partial charge is 0.270 e. The predicted octanol–water partition coefficient (Wildman–Crippen LogP) is 3.15. The highest BCUT2D eigenvalue weighted by molar-refractivity contribution is 7.89. The molecule has 8 nitrogen and oxygen atoms in total. The zero-order valence-electron chi connectivity index (χ0n) is 16.2. The standard InChI is InChI=1S/C19H23N3O5S/c1-19(2,3)14-8-10-15(11-9-14)20-18(23)13-21(4)28(26,27)17-7-5-6-16(12-17)22(24)25/h5-12H,13H2,1-4H3,(H,20,23). The van der Waals surface area contributed by atoms with Gasteiger partial charge in [0.2, 0.25) is 15.9 Å². The molecule has 28 heavy (non-hydrogen) atoms. The fourth-order valence-electron chi connectivity index (χ4n) is 2.48. The fourth-order valence-corrected chi connectivity index (χ4v) is 3.65. The second-order valence-electron chi connectivity index (χ2n) is 7.39. The van der Waals surface area contributed by atoms with Crippen molar-refractivity contribution >= 4 is 27.3 Å². The number of carbonyl (C=O) groups excluding carboxylic acids is 1. The summed E-state index contributed by atoms with van der Waals surface area (Å²) >= 11 is 0. The zero-order valence-corrected chi connectivity index (χ0v) is 17.0. The molecule has 0 aliphatic rings. The molecule has 0 atom stereocenters. The molecular formula is C19H23N3O5S. The number of rotatable bonds is 6. The number of nitrogens with one attached hydrogen (secondary N) is 1. The molecule has 0 spiro atoms. The van der Waals surface area contributed by atoms with Gasteiger partial charge in [-0.1, -0.05) is 39.0 Å². The second kappa shape index (κ2) is 8.07. The molecule has 0 saturated carbocycles. The third-order valence-electron chi connectivity index (χ3n) is 4.14. The monoisotopic (exact) mass is 405 g/mol. The molecule has 0 unspecified atom stereocenters. The highest BCUT2D eigenvalue weighted by Gasteiger charge is 2.25. The van der Waals surface area contributed by atoms with Gasteiger partial charge >= 0.3 is 0 Å². The Kier molecular flexibility index (Phi) is 6.20. The van der Waals surface area contributed by atoms with Crippen molar-refractivity contribution < 1.29 is 18.1 Å².